The van der Waals surface area contributed by atoms with Crippen LogP contribution in [0.25, 0.3) is 5.76 Å². The number of hydrogen-bond acceptors (Lipinski definition) is 5. The van der Waals surface area contributed by atoms with Crippen LogP contribution in [-0.4, -0.2) is 41.0 Å². The van der Waals surface area contributed by atoms with Gasteiger partial charge in [0.05, 0.1) is 29.9 Å². The van der Waals surface area contributed by atoms with Gasteiger partial charge in [0, 0.05) is 11.6 Å². The Morgan fingerprint density at radius 2 is 1.79 bits per heavy atom. The lowest BCUT2D eigenvalue weighted by Crippen LogP contribution is -2.37. The molecule has 1 aliphatic heterocycles. The number of aliphatic hydroxyl groups excluding tert-OH is 1. The Bertz CT molecular complexity index is 1090. The summed E-state index contributed by atoms with van der Waals surface area (Å²) in [5.74, 6) is -0.438. The van der Waals surface area contributed by atoms with Gasteiger partial charge in [0.1, 0.15) is 17.3 Å². The molecule has 1 unspecified atom stereocenters. The average molecular weight is 470 g/mol. The quantitative estimate of drug-likeness (QED) is 0.329. The number of nitrogens with zero attached hydrogens (tertiary/aromatic N) is 1. The van der Waals surface area contributed by atoms with Crippen molar-refractivity contribution >= 4 is 29.1 Å². The first-order valence-corrected chi connectivity index (χ1v) is 11.8. The highest BCUT2D eigenvalue weighted by Gasteiger charge is 2.49. The molecule has 1 saturated heterocycles. The molecular weight excluding hydrogens is 442 g/mol. The fourth-order valence-electron chi connectivity index (χ4n) is 4.75. The normalized spacial score (nSPS) is 20.5. The molecule has 2 aromatic carbocycles. The van der Waals surface area contributed by atoms with E-state index in [0.29, 0.717) is 35.3 Å². The molecular formula is C26H28ClNO5. The number of aliphatic hydroxyl groups is 1. The highest BCUT2D eigenvalue weighted by atomic mass is 35.5. The largest absolute Gasteiger partial charge is 0.507 e. The lowest BCUT2D eigenvalue weighted by Gasteiger charge is -2.31. The van der Waals surface area contributed by atoms with E-state index in [1.54, 1.807) is 23.1 Å². The highest BCUT2D eigenvalue weighted by Crippen LogP contribution is 2.44. The van der Waals surface area contributed by atoms with Crippen LogP contribution in [0.2, 0.25) is 5.02 Å². The number of hydrogen-bond donors (Lipinski definition) is 1. The zero-order valence-electron chi connectivity index (χ0n) is 18.8. The minimum atomic E-state index is -0.695. The highest BCUT2D eigenvalue weighted by molar-refractivity contribution is 6.46. The summed E-state index contributed by atoms with van der Waals surface area (Å²) in [6.07, 6.45) is 3.69. The van der Waals surface area contributed by atoms with Crippen molar-refractivity contribution in [3.8, 4) is 11.5 Å². The van der Waals surface area contributed by atoms with Crippen molar-refractivity contribution in [2.24, 2.45) is 0 Å². The second kappa shape index (κ2) is 9.87. The Hall–Kier alpha value is -2.99. The van der Waals surface area contributed by atoms with Gasteiger partial charge in [-0.25, -0.2) is 0 Å². The van der Waals surface area contributed by atoms with Gasteiger partial charge in [-0.15, -0.1) is 0 Å². The number of rotatable bonds is 7. The van der Waals surface area contributed by atoms with Gasteiger partial charge in [-0.2, -0.15) is 0 Å². The first-order valence-electron chi connectivity index (χ1n) is 11.4. The summed E-state index contributed by atoms with van der Waals surface area (Å²) in [5.41, 5.74) is 1.18. The van der Waals surface area contributed by atoms with Crippen molar-refractivity contribution in [1.82, 2.24) is 4.90 Å². The molecule has 1 N–H and O–H groups in total. The van der Waals surface area contributed by atoms with Crippen LogP contribution in [0.3, 0.4) is 0 Å². The van der Waals surface area contributed by atoms with Crippen LogP contribution in [0.5, 0.6) is 11.5 Å². The Kier molecular flexibility index (Phi) is 6.94. The second-order valence-corrected chi connectivity index (χ2v) is 8.64. The minimum Gasteiger partial charge on any atom is -0.507 e. The van der Waals surface area contributed by atoms with Crippen molar-refractivity contribution in [1.29, 1.82) is 0 Å². The third-order valence-corrected chi connectivity index (χ3v) is 6.50. The number of benzene rings is 2. The molecule has 1 aliphatic carbocycles. The Morgan fingerprint density at radius 3 is 2.48 bits per heavy atom. The Balaban J connectivity index is 1.87. The van der Waals surface area contributed by atoms with Gasteiger partial charge in [0.2, 0.25) is 0 Å². The van der Waals surface area contributed by atoms with Crippen molar-refractivity contribution in [3.05, 3.63) is 64.2 Å². The van der Waals surface area contributed by atoms with E-state index in [0.717, 1.165) is 31.2 Å². The number of likely N-dealkylation sites (tertiary alicyclic amines) is 1. The van der Waals surface area contributed by atoms with Gasteiger partial charge < -0.3 is 19.5 Å². The standard InChI is InChI=1S/C26H28ClNO5/c1-3-32-19-11-7-8-16(14-19)23-22(25(30)26(31)28(23)18-9-5-6-10-18)24(29)17-12-13-20(27)21(15-17)33-4-2/h7-8,11-15,18,23,29H,3-6,9-10H2,1-2H3/b24-22-. The smallest absolute Gasteiger partial charge is 0.295 e. The maximum atomic E-state index is 13.3. The first-order chi connectivity index (χ1) is 16.0. The fourth-order valence-corrected chi connectivity index (χ4v) is 4.92. The van der Waals surface area contributed by atoms with Crippen molar-refractivity contribution in [2.75, 3.05) is 13.2 Å². The predicted octanol–water partition coefficient (Wildman–Crippen LogP) is 5.50. The first kappa shape index (κ1) is 23.2. The SMILES string of the molecule is CCOc1cccc(C2/C(=C(/O)c3ccc(Cl)c(OCC)c3)C(=O)C(=O)N2C2CCCC2)c1. The summed E-state index contributed by atoms with van der Waals surface area (Å²) in [6, 6.07) is 11.5. The lowest BCUT2D eigenvalue weighted by atomic mass is 9.94. The zero-order valence-corrected chi connectivity index (χ0v) is 19.6. The van der Waals surface area contributed by atoms with Crippen molar-refractivity contribution in [3.63, 3.8) is 0 Å². The van der Waals surface area contributed by atoms with E-state index in [4.69, 9.17) is 21.1 Å². The van der Waals surface area contributed by atoms with Crippen LogP contribution in [0.4, 0.5) is 0 Å². The topological polar surface area (TPSA) is 76.1 Å². The molecule has 0 bridgehead atoms. The molecule has 2 fully saturated rings. The molecule has 7 heteroatoms. The van der Waals surface area contributed by atoms with E-state index in [9.17, 15) is 14.7 Å². The summed E-state index contributed by atoms with van der Waals surface area (Å²) in [6.45, 7) is 4.63. The number of halogens is 1. The molecule has 0 radical (unpaired) electrons. The minimum absolute atomic E-state index is 0.0447. The molecule has 1 heterocycles. The molecule has 1 saturated carbocycles. The number of ether oxygens (including phenoxy) is 2. The molecule has 1 amide bonds. The molecule has 2 aromatic rings. The van der Waals surface area contributed by atoms with Crippen LogP contribution in [0, 0.1) is 0 Å². The van der Waals surface area contributed by atoms with Gasteiger partial charge in [-0.05, 0) is 62.6 Å². The molecule has 0 aromatic heterocycles. The summed E-state index contributed by atoms with van der Waals surface area (Å²) < 4.78 is 11.2. The van der Waals surface area contributed by atoms with E-state index in [1.165, 1.54) is 0 Å². The van der Waals surface area contributed by atoms with Crippen LogP contribution >= 0.6 is 11.6 Å². The van der Waals surface area contributed by atoms with E-state index < -0.39 is 17.7 Å². The maximum Gasteiger partial charge on any atom is 0.295 e. The number of carbonyl (C=O) groups is 2. The van der Waals surface area contributed by atoms with Gasteiger partial charge in [0.15, 0.2) is 0 Å². The van der Waals surface area contributed by atoms with Crippen LogP contribution in [-0.2, 0) is 9.59 Å². The van der Waals surface area contributed by atoms with Crippen LogP contribution < -0.4 is 9.47 Å². The monoisotopic (exact) mass is 469 g/mol. The summed E-state index contributed by atoms with van der Waals surface area (Å²) >= 11 is 6.21. The molecule has 4 rings (SSSR count). The summed E-state index contributed by atoms with van der Waals surface area (Å²) in [4.78, 5) is 28.1. The van der Waals surface area contributed by atoms with Crippen molar-refractivity contribution < 1.29 is 24.2 Å². The second-order valence-electron chi connectivity index (χ2n) is 8.23. The molecule has 0 spiro atoms. The zero-order chi connectivity index (χ0) is 23.5. The summed E-state index contributed by atoms with van der Waals surface area (Å²) in [5, 5.41) is 11.7. The molecule has 33 heavy (non-hydrogen) atoms. The average Bonchev–Trinajstić information content (AvgIpc) is 3.42. The maximum absolute atomic E-state index is 13.3. The molecule has 1 atom stereocenters. The van der Waals surface area contributed by atoms with Crippen LogP contribution in [0.1, 0.15) is 56.7 Å². The third-order valence-electron chi connectivity index (χ3n) is 6.19. The number of amides is 1. The third kappa shape index (κ3) is 4.44. The molecule has 174 valence electrons. The van der Waals surface area contributed by atoms with E-state index in [2.05, 4.69) is 0 Å². The lowest BCUT2D eigenvalue weighted by molar-refractivity contribution is -0.141. The summed E-state index contributed by atoms with van der Waals surface area (Å²) in [7, 11) is 0. The number of ketones is 1. The molecule has 2 aliphatic rings. The van der Waals surface area contributed by atoms with E-state index >= 15 is 0 Å². The van der Waals surface area contributed by atoms with Gasteiger partial charge >= 0.3 is 0 Å². The molecule has 6 nitrogen and oxygen atoms in total. The number of carbonyl (C=O) groups excluding carboxylic acids is 2. The van der Waals surface area contributed by atoms with E-state index in [1.807, 2.05) is 38.1 Å². The van der Waals surface area contributed by atoms with Crippen LogP contribution in [0.15, 0.2) is 48.0 Å². The van der Waals surface area contributed by atoms with Gasteiger partial charge in [0.25, 0.3) is 11.7 Å². The van der Waals surface area contributed by atoms with E-state index in [-0.39, 0.29) is 17.4 Å². The Labute approximate surface area is 198 Å². The number of Topliss-reactive ketones (excluding diaryl/α,β-unsaturated/α-hetero) is 1. The predicted molar refractivity (Wildman–Crippen MR) is 127 cm³/mol. The van der Waals surface area contributed by atoms with Crippen molar-refractivity contribution in [2.45, 2.75) is 51.6 Å². The Morgan fingerprint density at radius 1 is 1.06 bits per heavy atom. The van der Waals surface area contributed by atoms with Gasteiger partial charge in [-0.3, -0.25) is 9.59 Å². The van der Waals surface area contributed by atoms with Gasteiger partial charge in [-0.1, -0.05) is 36.6 Å². The fraction of sp³-hybridized carbons (Fsp3) is 0.385.